The summed E-state index contributed by atoms with van der Waals surface area (Å²) in [5.74, 6) is 2.37. The quantitative estimate of drug-likeness (QED) is 0.548. The lowest BCUT2D eigenvalue weighted by atomic mass is 9.58. The molecular formula is C16H26O2. The topological polar surface area (TPSA) is 26.3 Å². The van der Waals surface area contributed by atoms with E-state index in [9.17, 15) is 4.79 Å². The molecule has 0 N–H and O–H groups in total. The van der Waals surface area contributed by atoms with Crippen molar-refractivity contribution in [3.05, 3.63) is 12.2 Å². The maximum absolute atomic E-state index is 11.9. The summed E-state index contributed by atoms with van der Waals surface area (Å²) in [5.41, 5.74) is 0.218. The first-order valence-corrected chi connectivity index (χ1v) is 7.21. The third-order valence-corrected chi connectivity index (χ3v) is 5.18. The largest absolute Gasteiger partial charge is 0.455 e. The van der Waals surface area contributed by atoms with Crippen molar-refractivity contribution in [2.75, 3.05) is 0 Å². The van der Waals surface area contributed by atoms with Gasteiger partial charge in [0.05, 0.1) is 0 Å². The van der Waals surface area contributed by atoms with Crippen LogP contribution in [0.3, 0.4) is 0 Å². The average molecular weight is 250 g/mol. The van der Waals surface area contributed by atoms with Gasteiger partial charge in [-0.1, -0.05) is 20.4 Å². The van der Waals surface area contributed by atoms with Gasteiger partial charge >= 0.3 is 5.97 Å². The molecule has 2 bridgehead atoms. The van der Waals surface area contributed by atoms with Crippen molar-refractivity contribution in [3.8, 4) is 0 Å². The second kappa shape index (κ2) is 4.71. The molecule has 0 heterocycles. The van der Waals surface area contributed by atoms with Crippen LogP contribution in [-0.2, 0) is 9.53 Å². The van der Waals surface area contributed by atoms with E-state index in [1.54, 1.807) is 6.92 Å². The highest BCUT2D eigenvalue weighted by Gasteiger charge is 2.50. The van der Waals surface area contributed by atoms with Crippen LogP contribution in [0.4, 0.5) is 0 Å². The van der Waals surface area contributed by atoms with E-state index in [1.807, 2.05) is 0 Å². The maximum Gasteiger partial charge on any atom is 0.333 e. The molecule has 2 heteroatoms. The fourth-order valence-electron chi connectivity index (χ4n) is 4.01. The van der Waals surface area contributed by atoms with Gasteiger partial charge in [-0.15, -0.1) is 0 Å². The summed E-state index contributed by atoms with van der Waals surface area (Å²) in [7, 11) is 0. The van der Waals surface area contributed by atoms with Crippen molar-refractivity contribution >= 4 is 5.97 Å². The fraction of sp³-hybridized carbons (Fsp3) is 0.812. The molecule has 2 fully saturated rings. The van der Waals surface area contributed by atoms with E-state index < -0.39 is 0 Å². The van der Waals surface area contributed by atoms with Crippen molar-refractivity contribution in [1.29, 1.82) is 0 Å². The van der Waals surface area contributed by atoms with Crippen LogP contribution in [0.2, 0.25) is 0 Å². The van der Waals surface area contributed by atoms with Gasteiger partial charge in [-0.25, -0.2) is 4.79 Å². The Bertz CT molecular complexity index is 356. The van der Waals surface area contributed by atoms with Gasteiger partial charge < -0.3 is 4.74 Å². The molecule has 0 aliphatic heterocycles. The van der Waals surface area contributed by atoms with Crippen LogP contribution in [0.5, 0.6) is 0 Å². The number of fused-ring (bicyclic) bond motifs is 2. The third kappa shape index (κ3) is 2.34. The molecule has 2 nitrogen and oxygen atoms in total. The molecule has 2 saturated carbocycles. The normalized spacial score (nSPS) is 43.3. The Balaban J connectivity index is 2.18. The summed E-state index contributed by atoms with van der Waals surface area (Å²) >= 11 is 0. The Hall–Kier alpha value is -0.790. The second-order valence-electron chi connectivity index (χ2n) is 6.87. The lowest BCUT2D eigenvalue weighted by molar-refractivity contribution is -0.180. The highest BCUT2D eigenvalue weighted by Crippen LogP contribution is 2.51. The fourth-order valence-corrected chi connectivity index (χ4v) is 4.01. The van der Waals surface area contributed by atoms with Crippen LogP contribution in [0.1, 0.15) is 53.4 Å². The minimum Gasteiger partial charge on any atom is -0.455 e. The number of esters is 1. The Morgan fingerprint density at radius 3 is 2.50 bits per heavy atom. The molecule has 0 aromatic carbocycles. The van der Waals surface area contributed by atoms with Crippen LogP contribution in [0, 0.1) is 23.7 Å². The zero-order chi connectivity index (χ0) is 13.5. The summed E-state index contributed by atoms with van der Waals surface area (Å²) in [4.78, 5) is 11.9. The second-order valence-corrected chi connectivity index (χ2v) is 6.87. The first-order chi connectivity index (χ1) is 8.33. The van der Waals surface area contributed by atoms with Crippen LogP contribution in [-0.4, -0.2) is 11.6 Å². The molecule has 0 amide bonds. The predicted molar refractivity (Wildman–Crippen MR) is 73.1 cm³/mol. The maximum atomic E-state index is 11.9. The van der Waals surface area contributed by atoms with E-state index >= 15 is 0 Å². The molecule has 0 aromatic rings. The van der Waals surface area contributed by atoms with Crippen molar-refractivity contribution in [1.82, 2.24) is 0 Å². The Labute approximate surface area is 111 Å². The molecular weight excluding hydrogens is 224 g/mol. The number of ether oxygens (including phenoxy) is 1. The minimum atomic E-state index is -0.290. The number of hydrogen-bond donors (Lipinski definition) is 0. The summed E-state index contributed by atoms with van der Waals surface area (Å²) in [6.45, 7) is 12.1. The lowest BCUT2D eigenvalue weighted by Crippen LogP contribution is -2.52. The van der Waals surface area contributed by atoms with Crippen molar-refractivity contribution < 1.29 is 9.53 Å². The van der Waals surface area contributed by atoms with Gasteiger partial charge in [-0.2, -0.15) is 0 Å². The smallest absolute Gasteiger partial charge is 0.333 e. The van der Waals surface area contributed by atoms with Crippen molar-refractivity contribution in [2.45, 2.75) is 59.0 Å². The summed E-state index contributed by atoms with van der Waals surface area (Å²) < 4.78 is 5.85. The highest BCUT2D eigenvalue weighted by atomic mass is 16.6. The molecule has 102 valence electrons. The third-order valence-electron chi connectivity index (χ3n) is 5.18. The van der Waals surface area contributed by atoms with Gasteiger partial charge in [0.2, 0.25) is 0 Å². The van der Waals surface area contributed by atoms with E-state index in [4.69, 9.17) is 4.74 Å². The average Bonchev–Trinajstić information content (AvgIpc) is 2.26. The first kappa shape index (κ1) is 13.6. The van der Waals surface area contributed by atoms with E-state index in [-0.39, 0.29) is 11.6 Å². The zero-order valence-corrected chi connectivity index (χ0v) is 12.2. The van der Waals surface area contributed by atoms with Crippen LogP contribution in [0.25, 0.3) is 0 Å². The molecule has 5 atom stereocenters. The van der Waals surface area contributed by atoms with Gasteiger partial charge in [0.15, 0.2) is 0 Å². The van der Waals surface area contributed by atoms with Crippen LogP contribution in [0.15, 0.2) is 12.2 Å². The molecule has 0 radical (unpaired) electrons. The molecule has 2 aliphatic rings. The molecule has 18 heavy (non-hydrogen) atoms. The molecule has 0 aromatic heterocycles. The summed E-state index contributed by atoms with van der Waals surface area (Å²) in [6, 6.07) is 0. The Morgan fingerprint density at radius 2 is 1.89 bits per heavy atom. The van der Waals surface area contributed by atoms with Gasteiger partial charge in [0.25, 0.3) is 0 Å². The molecule has 0 spiro atoms. The minimum absolute atomic E-state index is 0.221. The Kier molecular flexibility index (Phi) is 3.57. The van der Waals surface area contributed by atoms with E-state index in [0.29, 0.717) is 17.4 Å². The summed E-state index contributed by atoms with van der Waals surface area (Å²) in [5, 5.41) is 0. The number of rotatable bonds is 2. The summed E-state index contributed by atoms with van der Waals surface area (Å²) in [6.07, 6.45) is 4.97. The van der Waals surface area contributed by atoms with Crippen LogP contribution >= 0.6 is 0 Å². The predicted octanol–water partition coefficient (Wildman–Crippen LogP) is 3.96. The van der Waals surface area contributed by atoms with E-state index in [0.717, 1.165) is 11.8 Å². The van der Waals surface area contributed by atoms with E-state index in [1.165, 1.54) is 25.7 Å². The van der Waals surface area contributed by atoms with Gasteiger partial charge in [0, 0.05) is 5.57 Å². The molecule has 2 rings (SSSR count). The molecule has 2 aliphatic carbocycles. The van der Waals surface area contributed by atoms with Crippen molar-refractivity contribution in [2.24, 2.45) is 23.7 Å². The number of carbonyl (C=O) groups is 1. The SMILES string of the molecule is C=C(C)C(=O)OC1(C)C2CC(C)CC(C2)C[C@H]1C. The monoisotopic (exact) mass is 250 g/mol. The number of hydrogen-bond acceptors (Lipinski definition) is 2. The van der Waals surface area contributed by atoms with Gasteiger partial charge in [-0.05, 0) is 63.2 Å². The first-order valence-electron chi connectivity index (χ1n) is 7.21. The molecule has 0 saturated heterocycles. The van der Waals surface area contributed by atoms with Gasteiger partial charge in [0.1, 0.15) is 5.60 Å². The van der Waals surface area contributed by atoms with Gasteiger partial charge in [-0.3, -0.25) is 0 Å². The van der Waals surface area contributed by atoms with Crippen LogP contribution < -0.4 is 0 Å². The lowest BCUT2D eigenvalue weighted by Gasteiger charge is -2.52. The standard InChI is InChI=1S/C16H26O2/c1-10(2)15(17)18-16(5)12(4)8-13-6-11(3)7-14(16)9-13/h11-14H,1,6-9H2,2-5H3/t11?,12-,13?,14?,16?/m1/s1. The molecule has 4 unspecified atom stereocenters. The van der Waals surface area contributed by atoms with Crippen molar-refractivity contribution in [3.63, 3.8) is 0 Å². The zero-order valence-electron chi connectivity index (χ0n) is 12.2. The number of carbonyl (C=O) groups excluding carboxylic acids is 1. The van der Waals surface area contributed by atoms with E-state index in [2.05, 4.69) is 27.4 Å². The Morgan fingerprint density at radius 1 is 1.22 bits per heavy atom. The highest BCUT2D eigenvalue weighted by molar-refractivity contribution is 5.87.